The van der Waals surface area contributed by atoms with Gasteiger partial charge in [-0.3, -0.25) is 9.13 Å². The summed E-state index contributed by atoms with van der Waals surface area (Å²) in [6.07, 6.45) is 2.25. The molecule has 0 aromatic carbocycles. The third-order valence-electron chi connectivity index (χ3n) is 4.89. The highest BCUT2D eigenvalue weighted by atomic mass is 35.5. The summed E-state index contributed by atoms with van der Waals surface area (Å²) in [4.78, 5) is 36.5. The van der Waals surface area contributed by atoms with E-state index in [1.165, 1.54) is 0 Å². The number of likely N-dealkylation sites (tertiary alicyclic amines) is 1. The maximum Gasteiger partial charge on any atom is 0.369 e. The summed E-state index contributed by atoms with van der Waals surface area (Å²) in [5, 5.41) is 6.60. The summed E-state index contributed by atoms with van der Waals surface area (Å²) >= 11 is 0. The van der Waals surface area contributed by atoms with Crippen LogP contribution in [0.3, 0.4) is 0 Å². The largest absolute Gasteiger partial charge is 1.00 e. The summed E-state index contributed by atoms with van der Waals surface area (Å²) in [7, 11) is -6.51. The Hall–Kier alpha value is 0.510. The zero-order valence-corrected chi connectivity index (χ0v) is 16.2. The molecule has 0 aliphatic carbocycles. The normalized spacial score (nSPS) is 25.7. The molecule has 23 heavy (non-hydrogen) atoms. The van der Waals surface area contributed by atoms with Crippen LogP contribution in [0, 0.1) is 5.92 Å². The van der Waals surface area contributed by atoms with Gasteiger partial charge in [-0.2, -0.15) is 0 Å². The van der Waals surface area contributed by atoms with Gasteiger partial charge in [-0.1, -0.05) is 6.92 Å². The van der Waals surface area contributed by atoms with Crippen molar-refractivity contribution in [3.05, 3.63) is 0 Å². The van der Waals surface area contributed by atoms with E-state index in [1.54, 1.807) is 0 Å². The van der Waals surface area contributed by atoms with Gasteiger partial charge in [-0.05, 0) is 25.7 Å². The molecule has 5 N–H and O–H groups in total. The van der Waals surface area contributed by atoms with E-state index in [2.05, 4.69) is 21.0 Å². The minimum absolute atomic E-state index is 0. The topological polar surface area (TPSA) is 135 Å². The Bertz CT molecular complexity index is 468. The van der Waals surface area contributed by atoms with Crippen molar-refractivity contribution in [2.75, 3.05) is 20.6 Å². The van der Waals surface area contributed by atoms with Crippen molar-refractivity contribution in [1.29, 1.82) is 0 Å². The van der Waals surface area contributed by atoms with Crippen molar-refractivity contribution in [3.63, 3.8) is 0 Å². The second-order valence-corrected chi connectivity index (χ2v) is 11.0. The van der Waals surface area contributed by atoms with Crippen LogP contribution >= 0.6 is 15.2 Å². The molecule has 2 unspecified atom stereocenters. The Morgan fingerprint density at radius 3 is 2.00 bits per heavy atom. The van der Waals surface area contributed by atoms with Gasteiger partial charge in [0.25, 0.3) is 5.08 Å². The molecule has 2 atom stereocenters. The molecule has 1 aliphatic rings. The molecule has 140 valence electrons. The fourth-order valence-electron chi connectivity index (χ4n) is 3.51. The van der Waals surface area contributed by atoms with Crippen LogP contribution in [0.4, 0.5) is 0 Å². The van der Waals surface area contributed by atoms with Gasteiger partial charge in [-0.25, -0.2) is 0 Å². The highest BCUT2D eigenvalue weighted by molar-refractivity contribution is 7.72. The first-order chi connectivity index (χ1) is 9.72. The van der Waals surface area contributed by atoms with E-state index in [1.807, 2.05) is 0 Å². The lowest BCUT2D eigenvalue weighted by molar-refractivity contribution is -0.924. The molecule has 1 saturated heterocycles. The fourth-order valence-corrected chi connectivity index (χ4v) is 5.77. The Kier molecular flexibility index (Phi) is 7.99. The average molecular weight is 396 g/mol. The van der Waals surface area contributed by atoms with Crippen LogP contribution in [0.5, 0.6) is 0 Å². The Morgan fingerprint density at radius 2 is 1.61 bits per heavy atom. The molecule has 1 heterocycles. The lowest BCUT2D eigenvalue weighted by Gasteiger charge is -2.45. The van der Waals surface area contributed by atoms with Gasteiger partial charge in [0.1, 0.15) is 0 Å². The fraction of sp³-hybridized carbons (Fsp3) is 1.00. The monoisotopic (exact) mass is 395 g/mol. The summed E-state index contributed by atoms with van der Waals surface area (Å²) in [5.41, 5.74) is 0. The predicted molar refractivity (Wildman–Crippen MR) is 82.1 cm³/mol. The molecule has 0 aromatic heterocycles. The summed E-state index contributed by atoms with van der Waals surface area (Å²) < 4.78 is 23.4. The predicted octanol–water partition coefficient (Wildman–Crippen LogP) is -1.96. The number of quaternary nitrogens is 1. The minimum Gasteiger partial charge on any atom is -1.00 e. The van der Waals surface area contributed by atoms with E-state index < -0.39 is 26.7 Å². The number of aliphatic hydroxyl groups is 1. The molecular formula is C12H28ClNO7P2. The van der Waals surface area contributed by atoms with Crippen LogP contribution < -0.4 is 12.4 Å². The van der Waals surface area contributed by atoms with Gasteiger partial charge < -0.3 is 41.6 Å². The molecule has 1 rings (SSSR count). The van der Waals surface area contributed by atoms with Crippen molar-refractivity contribution >= 4 is 15.2 Å². The third-order valence-corrected chi connectivity index (χ3v) is 8.77. The highest BCUT2D eigenvalue weighted by Crippen LogP contribution is 2.69. The van der Waals surface area contributed by atoms with Crippen LogP contribution in [0.1, 0.15) is 39.0 Å². The van der Waals surface area contributed by atoms with E-state index in [0.717, 1.165) is 23.9 Å². The van der Waals surface area contributed by atoms with Crippen molar-refractivity contribution in [1.82, 2.24) is 0 Å². The van der Waals surface area contributed by atoms with Gasteiger partial charge in [-0.15, -0.1) is 0 Å². The van der Waals surface area contributed by atoms with Gasteiger partial charge in [0, 0.05) is 12.3 Å². The molecule has 0 radical (unpaired) electrons. The number of rotatable bonds is 6. The Morgan fingerprint density at radius 1 is 1.13 bits per heavy atom. The quantitative estimate of drug-likeness (QED) is 0.260. The van der Waals surface area contributed by atoms with Crippen LogP contribution in [0.15, 0.2) is 0 Å². The minimum atomic E-state index is -5.34. The maximum atomic E-state index is 11.3. The van der Waals surface area contributed by atoms with Crippen molar-refractivity contribution in [3.8, 4) is 0 Å². The molecule has 0 spiro atoms. The maximum absolute atomic E-state index is 11.3. The van der Waals surface area contributed by atoms with Crippen LogP contribution in [0.2, 0.25) is 0 Å². The molecule has 11 heteroatoms. The number of piperidine rings is 1. The van der Waals surface area contributed by atoms with Gasteiger partial charge in [0.2, 0.25) is 0 Å². The third kappa shape index (κ3) is 5.24. The average Bonchev–Trinajstić information content (AvgIpc) is 2.29. The first kappa shape index (κ1) is 23.5. The molecule has 1 fully saturated rings. The molecule has 0 aromatic rings. The smallest absolute Gasteiger partial charge is 0.369 e. The molecule has 0 saturated carbocycles. The SMILES string of the molecule is CC1CCC[N+](C)(C)C1CCCC(O)(P(=O)(O)O)P(=O)(O)O.[Cl-]. The summed E-state index contributed by atoms with van der Waals surface area (Å²) in [6.45, 7) is 3.11. The van der Waals surface area contributed by atoms with Crippen molar-refractivity contribution in [2.24, 2.45) is 5.92 Å². The van der Waals surface area contributed by atoms with E-state index in [9.17, 15) is 14.2 Å². The zero-order chi connectivity index (χ0) is 17.4. The second-order valence-electron chi connectivity index (χ2n) is 6.94. The molecule has 0 amide bonds. The molecular weight excluding hydrogens is 368 g/mol. The van der Waals surface area contributed by atoms with Gasteiger partial charge >= 0.3 is 15.2 Å². The standard InChI is InChI=1S/C12H27NO7P2.ClH/c1-10-6-5-9-13(2,3)11(10)7-4-8-12(14,21(15,16)17)22(18,19)20;/h10-11,14H,4-9H2,1-3H3,(H3-,15,16,17,18,19,20);1H. The second kappa shape index (κ2) is 7.81. The Labute approximate surface area is 143 Å². The number of hydrogen-bond donors (Lipinski definition) is 5. The highest BCUT2D eigenvalue weighted by Gasteiger charge is 2.58. The number of halogens is 1. The van der Waals surface area contributed by atoms with E-state index in [-0.39, 0.29) is 24.9 Å². The number of nitrogens with zero attached hydrogens (tertiary/aromatic N) is 1. The van der Waals surface area contributed by atoms with Crippen molar-refractivity contribution in [2.45, 2.75) is 50.2 Å². The van der Waals surface area contributed by atoms with Crippen LogP contribution in [0.25, 0.3) is 0 Å². The lowest BCUT2D eigenvalue weighted by Crippen LogP contribution is -3.00. The molecule has 0 bridgehead atoms. The van der Waals surface area contributed by atoms with Crippen LogP contribution in [-0.4, -0.2) is 60.9 Å². The van der Waals surface area contributed by atoms with Gasteiger partial charge in [0.05, 0.1) is 26.7 Å². The first-order valence-corrected chi connectivity index (χ1v) is 10.6. The van der Waals surface area contributed by atoms with Crippen LogP contribution in [-0.2, 0) is 9.13 Å². The lowest BCUT2D eigenvalue weighted by atomic mass is 9.86. The zero-order valence-electron chi connectivity index (χ0n) is 13.7. The van der Waals surface area contributed by atoms with Gasteiger partial charge in [0.15, 0.2) is 0 Å². The van der Waals surface area contributed by atoms with E-state index in [4.69, 9.17) is 19.6 Å². The van der Waals surface area contributed by atoms with Crippen molar-refractivity contribution < 1.29 is 50.7 Å². The Balaban J connectivity index is 0.00000484. The number of hydrogen-bond acceptors (Lipinski definition) is 3. The molecule has 8 nitrogen and oxygen atoms in total. The summed E-state index contributed by atoms with van der Waals surface area (Å²) in [6, 6.07) is 0.242. The molecule has 1 aliphatic heterocycles. The summed E-state index contributed by atoms with van der Waals surface area (Å²) in [5.74, 6) is 0.418. The van der Waals surface area contributed by atoms with E-state index in [0.29, 0.717) is 12.3 Å². The first-order valence-electron chi connectivity index (χ1n) is 7.39. The van der Waals surface area contributed by atoms with E-state index >= 15 is 0 Å².